The second kappa shape index (κ2) is 7.70. The Balaban J connectivity index is 1.52. The summed E-state index contributed by atoms with van der Waals surface area (Å²) < 4.78 is 11.8. The number of halogens is 1. The van der Waals surface area contributed by atoms with E-state index in [-0.39, 0.29) is 5.56 Å². The Morgan fingerprint density at radius 1 is 0.893 bits per heavy atom. The summed E-state index contributed by atoms with van der Waals surface area (Å²) >= 11 is 3.36. The number of para-hydroxylation sites is 1. The van der Waals surface area contributed by atoms with E-state index in [0.717, 1.165) is 10.2 Å². The highest BCUT2D eigenvalue weighted by Crippen LogP contribution is 2.23. The number of hydrogen-bond donors (Lipinski definition) is 1. The second-order valence-electron chi connectivity index (χ2n) is 6.02. The zero-order valence-electron chi connectivity index (χ0n) is 14.5. The van der Waals surface area contributed by atoms with Gasteiger partial charge in [0, 0.05) is 15.5 Å². The lowest BCUT2D eigenvalue weighted by Gasteiger charge is -2.08. The number of hydrogen-bond acceptors (Lipinski definition) is 4. The molecule has 0 radical (unpaired) electrons. The third-order valence-electron chi connectivity index (χ3n) is 4.03. The molecule has 0 spiro atoms. The molecule has 0 atom stereocenters. The van der Waals surface area contributed by atoms with E-state index in [1.165, 1.54) is 6.07 Å². The Labute approximate surface area is 168 Å². The van der Waals surface area contributed by atoms with E-state index in [1.54, 1.807) is 42.5 Å². The van der Waals surface area contributed by atoms with Crippen LogP contribution in [-0.2, 0) is 0 Å². The summed E-state index contributed by atoms with van der Waals surface area (Å²) in [5, 5.41) is 3.36. The average Bonchev–Trinajstić information content (AvgIpc) is 2.70. The zero-order valence-corrected chi connectivity index (χ0v) is 16.1. The van der Waals surface area contributed by atoms with Crippen LogP contribution in [0.15, 0.2) is 92.5 Å². The van der Waals surface area contributed by atoms with Gasteiger partial charge in [0.15, 0.2) is 0 Å². The molecule has 0 aliphatic heterocycles. The van der Waals surface area contributed by atoms with Crippen molar-refractivity contribution in [1.29, 1.82) is 0 Å². The molecule has 0 bridgehead atoms. The summed E-state index contributed by atoms with van der Waals surface area (Å²) in [5.74, 6) is 0.825. The van der Waals surface area contributed by atoms with Gasteiger partial charge in [-0.3, -0.25) is 4.79 Å². The number of ether oxygens (including phenoxy) is 1. The number of fused-ring (bicyclic) bond motifs is 1. The van der Waals surface area contributed by atoms with Crippen LogP contribution in [0.4, 0.5) is 5.69 Å². The van der Waals surface area contributed by atoms with E-state index in [0.29, 0.717) is 22.4 Å². The van der Waals surface area contributed by atoms with E-state index in [1.807, 2.05) is 30.3 Å². The van der Waals surface area contributed by atoms with Gasteiger partial charge in [0.1, 0.15) is 22.6 Å². The lowest BCUT2D eigenvalue weighted by atomic mass is 10.1. The van der Waals surface area contributed by atoms with Crippen molar-refractivity contribution in [3.63, 3.8) is 0 Å². The molecule has 138 valence electrons. The maximum atomic E-state index is 12.5. The van der Waals surface area contributed by atoms with Crippen molar-refractivity contribution in [2.75, 3.05) is 5.32 Å². The molecular formula is C22H14BrNO4. The number of carbonyl (C=O) groups excluding carboxylic acids is 1. The van der Waals surface area contributed by atoms with Gasteiger partial charge in [-0.1, -0.05) is 34.1 Å². The fraction of sp³-hybridized carbons (Fsp3) is 0. The van der Waals surface area contributed by atoms with Crippen molar-refractivity contribution in [2.45, 2.75) is 0 Å². The van der Waals surface area contributed by atoms with E-state index in [4.69, 9.17) is 9.15 Å². The third-order valence-corrected chi connectivity index (χ3v) is 4.52. The first-order valence-corrected chi connectivity index (χ1v) is 9.25. The predicted octanol–water partition coefficient (Wildman–Crippen LogP) is 5.60. The van der Waals surface area contributed by atoms with E-state index < -0.39 is 11.5 Å². The highest BCUT2D eigenvalue weighted by Gasteiger charge is 2.14. The Morgan fingerprint density at radius 2 is 1.61 bits per heavy atom. The summed E-state index contributed by atoms with van der Waals surface area (Å²) in [6.07, 6.45) is 0. The van der Waals surface area contributed by atoms with Crippen molar-refractivity contribution in [3.8, 4) is 11.5 Å². The van der Waals surface area contributed by atoms with Gasteiger partial charge in [-0.25, -0.2) is 4.79 Å². The molecule has 6 heteroatoms. The molecule has 0 fully saturated rings. The number of anilines is 1. The molecule has 4 rings (SSSR count). The normalized spacial score (nSPS) is 10.6. The number of benzene rings is 3. The van der Waals surface area contributed by atoms with Crippen molar-refractivity contribution in [3.05, 3.63) is 99.3 Å². The SMILES string of the molecule is O=C(Nc1ccc(Oc2ccccc2)cc1)c1cc2cc(Br)ccc2oc1=O. The van der Waals surface area contributed by atoms with Crippen LogP contribution >= 0.6 is 15.9 Å². The lowest BCUT2D eigenvalue weighted by molar-refractivity contribution is 0.102. The molecule has 4 aromatic rings. The minimum Gasteiger partial charge on any atom is -0.457 e. The van der Waals surface area contributed by atoms with Gasteiger partial charge >= 0.3 is 5.63 Å². The van der Waals surface area contributed by atoms with Gasteiger partial charge in [-0.05, 0) is 60.7 Å². The maximum Gasteiger partial charge on any atom is 0.349 e. The van der Waals surface area contributed by atoms with Gasteiger partial charge in [-0.15, -0.1) is 0 Å². The molecule has 0 aliphatic carbocycles. The largest absolute Gasteiger partial charge is 0.457 e. The molecule has 1 amide bonds. The quantitative estimate of drug-likeness (QED) is 0.423. The van der Waals surface area contributed by atoms with E-state index in [9.17, 15) is 9.59 Å². The maximum absolute atomic E-state index is 12.5. The highest BCUT2D eigenvalue weighted by atomic mass is 79.9. The smallest absolute Gasteiger partial charge is 0.349 e. The van der Waals surface area contributed by atoms with E-state index >= 15 is 0 Å². The predicted molar refractivity (Wildman–Crippen MR) is 111 cm³/mol. The van der Waals surface area contributed by atoms with Crippen molar-refractivity contribution in [2.24, 2.45) is 0 Å². The minimum atomic E-state index is -0.684. The topological polar surface area (TPSA) is 68.5 Å². The van der Waals surface area contributed by atoms with Crippen LogP contribution in [0.1, 0.15) is 10.4 Å². The van der Waals surface area contributed by atoms with Crippen molar-refractivity contribution < 1.29 is 13.9 Å². The number of amides is 1. The van der Waals surface area contributed by atoms with Crippen LogP contribution in [0.3, 0.4) is 0 Å². The van der Waals surface area contributed by atoms with Crippen LogP contribution < -0.4 is 15.7 Å². The first-order chi connectivity index (χ1) is 13.6. The third kappa shape index (κ3) is 3.97. The molecule has 0 saturated heterocycles. The van der Waals surface area contributed by atoms with Gasteiger partial charge < -0.3 is 14.5 Å². The summed E-state index contributed by atoms with van der Waals surface area (Å²) in [6.45, 7) is 0. The minimum absolute atomic E-state index is 0.0600. The second-order valence-corrected chi connectivity index (χ2v) is 6.94. The van der Waals surface area contributed by atoms with Gasteiger partial charge in [0.25, 0.3) is 5.91 Å². The molecule has 0 aliphatic rings. The van der Waals surface area contributed by atoms with Crippen LogP contribution in [0.25, 0.3) is 11.0 Å². The van der Waals surface area contributed by atoms with Gasteiger partial charge in [0.2, 0.25) is 0 Å². The number of rotatable bonds is 4. The molecule has 1 heterocycles. The Hall–Kier alpha value is -3.38. The van der Waals surface area contributed by atoms with Crippen LogP contribution in [-0.4, -0.2) is 5.91 Å². The summed E-state index contributed by atoms with van der Waals surface area (Å²) in [7, 11) is 0. The number of carbonyl (C=O) groups is 1. The first kappa shape index (κ1) is 18.0. The Morgan fingerprint density at radius 3 is 2.36 bits per heavy atom. The molecule has 5 nitrogen and oxygen atoms in total. The Kier molecular flexibility index (Phi) is 4.95. The Bertz CT molecular complexity index is 1200. The summed E-state index contributed by atoms with van der Waals surface area (Å²) in [4.78, 5) is 24.7. The van der Waals surface area contributed by atoms with Gasteiger partial charge in [-0.2, -0.15) is 0 Å². The monoisotopic (exact) mass is 435 g/mol. The molecule has 3 aromatic carbocycles. The zero-order chi connectivity index (χ0) is 19.5. The van der Waals surface area contributed by atoms with Gasteiger partial charge in [0.05, 0.1) is 0 Å². The molecule has 1 aromatic heterocycles. The van der Waals surface area contributed by atoms with Crippen LogP contribution in [0, 0.1) is 0 Å². The molecule has 0 unspecified atom stereocenters. The standard InChI is InChI=1S/C22H14BrNO4/c23-15-6-11-20-14(12-15)13-19(22(26)28-20)21(25)24-16-7-9-18(10-8-16)27-17-4-2-1-3-5-17/h1-13H,(H,24,25). The summed E-state index contributed by atoms with van der Waals surface area (Å²) in [6, 6.07) is 23.0. The number of nitrogens with one attached hydrogen (secondary N) is 1. The molecule has 28 heavy (non-hydrogen) atoms. The van der Waals surface area contributed by atoms with Crippen molar-refractivity contribution in [1.82, 2.24) is 0 Å². The van der Waals surface area contributed by atoms with Crippen LogP contribution in [0.5, 0.6) is 11.5 Å². The van der Waals surface area contributed by atoms with Crippen molar-refractivity contribution >= 4 is 38.5 Å². The molecule has 0 saturated carbocycles. The molecular weight excluding hydrogens is 422 g/mol. The fourth-order valence-electron chi connectivity index (χ4n) is 2.68. The van der Waals surface area contributed by atoms with Crippen LogP contribution in [0.2, 0.25) is 0 Å². The highest BCUT2D eigenvalue weighted by molar-refractivity contribution is 9.10. The first-order valence-electron chi connectivity index (χ1n) is 8.46. The lowest BCUT2D eigenvalue weighted by Crippen LogP contribution is -2.20. The fourth-order valence-corrected chi connectivity index (χ4v) is 3.06. The van der Waals surface area contributed by atoms with E-state index in [2.05, 4.69) is 21.2 Å². The molecule has 1 N–H and O–H groups in total. The summed E-state index contributed by atoms with van der Waals surface area (Å²) in [5.41, 5.74) is 0.220. The average molecular weight is 436 g/mol.